The smallest absolute Gasteiger partial charge is 0.410 e. The Hall–Kier alpha value is -2.48. The molecule has 5 heteroatoms. The predicted molar refractivity (Wildman–Crippen MR) is 80.7 cm³/mol. The van der Waals surface area contributed by atoms with Gasteiger partial charge in [-0.3, -0.25) is 4.79 Å². The molecule has 2 rings (SSSR count). The summed E-state index contributed by atoms with van der Waals surface area (Å²) in [7, 11) is 1.33. The quantitative estimate of drug-likeness (QED) is 0.632. The Balaban J connectivity index is 1.95. The standard InChI is InChI=1S/C17H19NO4/c1-3-9-17(15(19)21-2)10-11-18(13-17)16(20)22-12-14-7-5-4-6-8-14/h1,4-8H,9-13H2,2H3. The minimum Gasteiger partial charge on any atom is -0.469 e. The van der Waals surface area contributed by atoms with Gasteiger partial charge in [-0.25, -0.2) is 4.79 Å². The molecule has 5 nitrogen and oxygen atoms in total. The van der Waals surface area contributed by atoms with Crippen molar-refractivity contribution in [2.24, 2.45) is 5.41 Å². The van der Waals surface area contributed by atoms with Crippen LogP contribution in [0.5, 0.6) is 0 Å². The van der Waals surface area contributed by atoms with E-state index in [0.717, 1.165) is 5.56 Å². The summed E-state index contributed by atoms with van der Waals surface area (Å²) < 4.78 is 10.1. The van der Waals surface area contributed by atoms with Gasteiger partial charge in [-0.1, -0.05) is 30.3 Å². The Morgan fingerprint density at radius 1 is 1.36 bits per heavy atom. The van der Waals surface area contributed by atoms with Crippen molar-refractivity contribution >= 4 is 12.1 Å². The van der Waals surface area contributed by atoms with Crippen LogP contribution in [0.2, 0.25) is 0 Å². The van der Waals surface area contributed by atoms with Crippen molar-refractivity contribution in [1.82, 2.24) is 4.90 Å². The van der Waals surface area contributed by atoms with Crippen molar-refractivity contribution in [3.8, 4) is 12.3 Å². The van der Waals surface area contributed by atoms with Gasteiger partial charge in [-0.05, 0) is 12.0 Å². The van der Waals surface area contributed by atoms with E-state index in [4.69, 9.17) is 15.9 Å². The molecule has 1 aliphatic rings. The van der Waals surface area contributed by atoms with E-state index < -0.39 is 11.5 Å². The molecule has 0 spiro atoms. The highest BCUT2D eigenvalue weighted by atomic mass is 16.6. The van der Waals surface area contributed by atoms with Gasteiger partial charge in [0.25, 0.3) is 0 Å². The molecule has 0 radical (unpaired) electrons. The molecule has 0 N–H and O–H groups in total. The first-order chi connectivity index (χ1) is 10.6. The summed E-state index contributed by atoms with van der Waals surface area (Å²) in [6, 6.07) is 9.43. The zero-order valence-corrected chi connectivity index (χ0v) is 12.6. The van der Waals surface area contributed by atoms with Gasteiger partial charge in [0, 0.05) is 19.5 Å². The largest absolute Gasteiger partial charge is 0.469 e. The maximum Gasteiger partial charge on any atom is 0.410 e. The van der Waals surface area contributed by atoms with Crippen LogP contribution in [0.4, 0.5) is 4.79 Å². The lowest BCUT2D eigenvalue weighted by Crippen LogP contribution is -2.37. The van der Waals surface area contributed by atoms with E-state index in [2.05, 4.69) is 5.92 Å². The number of nitrogens with zero attached hydrogens (tertiary/aromatic N) is 1. The van der Waals surface area contributed by atoms with Gasteiger partial charge in [0.15, 0.2) is 0 Å². The number of hydrogen-bond donors (Lipinski definition) is 0. The molecule has 1 heterocycles. The first-order valence-electron chi connectivity index (χ1n) is 7.09. The molecule has 22 heavy (non-hydrogen) atoms. The van der Waals surface area contributed by atoms with Crippen LogP contribution in [0.15, 0.2) is 30.3 Å². The molecule has 0 aliphatic carbocycles. The maximum atomic E-state index is 12.1. The molecule has 1 amide bonds. The molecule has 0 saturated carbocycles. The van der Waals surface area contributed by atoms with Gasteiger partial charge in [0.05, 0.1) is 12.5 Å². The molecule has 1 atom stereocenters. The second-order valence-electron chi connectivity index (χ2n) is 5.36. The zero-order valence-electron chi connectivity index (χ0n) is 12.6. The second kappa shape index (κ2) is 6.99. The summed E-state index contributed by atoms with van der Waals surface area (Å²) in [5, 5.41) is 0. The van der Waals surface area contributed by atoms with E-state index in [9.17, 15) is 9.59 Å². The monoisotopic (exact) mass is 301 g/mol. The van der Waals surface area contributed by atoms with Gasteiger partial charge < -0.3 is 14.4 Å². The van der Waals surface area contributed by atoms with Crippen molar-refractivity contribution in [1.29, 1.82) is 0 Å². The number of benzene rings is 1. The van der Waals surface area contributed by atoms with E-state index in [1.54, 1.807) is 0 Å². The number of terminal acetylenes is 1. The Morgan fingerprint density at radius 2 is 2.09 bits per heavy atom. The van der Waals surface area contributed by atoms with E-state index >= 15 is 0 Å². The lowest BCUT2D eigenvalue weighted by atomic mass is 9.84. The fraction of sp³-hybridized carbons (Fsp3) is 0.412. The predicted octanol–water partition coefficient (Wildman–Crippen LogP) is 2.21. The lowest BCUT2D eigenvalue weighted by molar-refractivity contribution is -0.151. The zero-order chi connectivity index (χ0) is 16.0. The number of methoxy groups -OCH3 is 1. The number of hydrogen-bond acceptors (Lipinski definition) is 4. The highest BCUT2D eigenvalue weighted by Crippen LogP contribution is 2.35. The molecule has 1 unspecified atom stereocenters. The molecular formula is C17H19NO4. The Morgan fingerprint density at radius 3 is 2.73 bits per heavy atom. The number of likely N-dealkylation sites (tertiary alicyclic amines) is 1. The summed E-state index contributed by atoms with van der Waals surface area (Å²) in [4.78, 5) is 25.6. The van der Waals surface area contributed by atoms with Crippen molar-refractivity contribution < 1.29 is 19.1 Å². The number of rotatable bonds is 4. The molecule has 116 valence electrons. The van der Waals surface area contributed by atoms with Gasteiger partial charge in [0.1, 0.15) is 6.61 Å². The molecule has 1 saturated heterocycles. The van der Waals surface area contributed by atoms with Gasteiger partial charge in [-0.2, -0.15) is 0 Å². The third-order valence-corrected chi connectivity index (χ3v) is 3.88. The molecular weight excluding hydrogens is 282 g/mol. The average Bonchev–Trinajstić information content (AvgIpc) is 2.98. The summed E-state index contributed by atoms with van der Waals surface area (Å²) in [5.41, 5.74) is 0.104. The summed E-state index contributed by atoms with van der Waals surface area (Å²) in [6.45, 7) is 0.873. The molecule has 0 bridgehead atoms. The Kier molecular flexibility index (Phi) is 5.05. The number of amides is 1. The van der Waals surface area contributed by atoms with Crippen LogP contribution in [0.1, 0.15) is 18.4 Å². The average molecular weight is 301 g/mol. The van der Waals surface area contributed by atoms with Gasteiger partial charge in [0.2, 0.25) is 0 Å². The summed E-state index contributed by atoms with van der Waals surface area (Å²) >= 11 is 0. The molecule has 1 aliphatic heterocycles. The third-order valence-electron chi connectivity index (χ3n) is 3.88. The lowest BCUT2D eigenvalue weighted by Gasteiger charge is -2.24. The van der Waals surface area contributed by atoms with Crippen LogP contribution in [0, 0.1) is 17.8 Å². The number of ether oxygens (including phenoxy) is 2. The summed E-state index contributed by atoms with van der Waals surface area (Å²) in [5.74, 6) is 2.13. The normalized spacial score (nSPS) is 20.3. The Bertz CT molecular complexity index is 578. The number of esters is 1. The van der Waals surface area contributed by atoms with E-state index in [0.29, 0.717) is 13.0 Å². The van der Waals surface area contributed by atoms with Crippen LogP contribution in [-0.4, -0.2) is 37.2 Å². The second-order valence-corrected chi connectivity index (χ2v) is 5.36. The van der Waals surface area contributed by atoms with Crippen molar-refractivity contribution in [2.45, 2.75) is 19.4 Å². The SMILES string of the molecule is C#CCC1(C(=O)OC)CCN(C(=O)OCc2ccccc2)C1. The highest BCUT2D eigenvalue weighted by Gasteiger charge is 2.46. The fourth-order valence-corrected chi connectivity index (χ4v) is 2.63. The van der Waals surface area contributed by atoms with Crippen LogP contribution < -0.4 is 0 Å². The molecule has 1 fully saturated rings. The molecule has 1 aromatic rings. The third kappa shape index (κ3) is 3.40. The maximum absolute atomic E-state index is 12.1. The first kappa shape index (κ1) is 15.9. The minimum atomic E-state index is -0.810. The Labute approximate surface area is 130 Å². The topological polar surface area (TPSA) is 55.8 Å². The summed E-state index contributed by atoms with van der Waals surface area (Å²) in [6.07, 6.45) is 5.65. The van der Waals surface area contributed by atoms with Gasteiger partial charge in [-0.15, -0.1) is 12.3 Å². The first-order valence-corrected chi connectivity index (χ1v) is 7.09. The van der Waals surface area contributed by atoms with E-state index in [1.165, 1.54) is 12.0 Å². The molecule has 0 aromatic heterocycles. The fourth-order valence-electron chi connectivity index (χ4n) is 2.63. The van der Waals surface area contributed by atoms with E-state index in [-0.39, 0.29) is 25.5 Å². The van der Waals surface area contributed by atoms with Crippen LogP contribution in [0.25, 0.3) is 0 Å². The van der Waals surface area contributed by atoms with Crippen molar-refractivity contribution in [3.05, 3.63) is 35.9 Å². The highest BCUT2D eigenvalue weighted by molar-refractivity contribution is 5.79. The van der Waals surface area contributed by atoms with E-state index in [1.807, 2.05) is 30.3 Å². The van der Waals surface area contributed by atoms with Crippen LogP contribution in [-0.2, 0) is 20.9 Å². The van der Waals surface area contributed by atoms with Crippen LogP contribution in [0.3, 0.4) is 0 Å². The van der Waals surface area contributed by atoms with Crippen LogP contribution >= 0.6 is 0 Å². The molecule has 1 aromatic carbocycles. The van der Waals surface area contributed by atoms with Crippen molar-refractivity contribution in [2.75, 3.05) is 20.2 Å². The minimum absolute atomic E-state index is 0.205. The number of carbonyl (C=O) groups excluding carboxylic acids is 2. The van der Waals surface area contributed by atoms with Crippen molar-refractivity contribution in [3.63, 3.8) is 0 Å². The number of carbonyl (C=O) groups is 2. The van der Waals surface area contributed by atoms with Gasteiger partial charge >= 0.3 is 12.1 Å².